The van der Waals surface area contributed by atoms with Gasteiger partial charge in [0.05, 0.1) is 5.69 Å². The lowest BCUT2D eigenvalue weighted by Gasteiger charge is -2.09. The Hall–Kier alpha value is -2.85. The summed E-state index contributed by atoms with van der Waals surface area (Å²) in [6, 6.07) is 15.6. The molecule has 0 saturated heterocycles. The first-order chi connectivity index (χ1) is 11.3. The number of phenols is 1. The van der Waals surface area contributed by atoms with Gasteiger partial charge in [-0.2, -0.15) is 0 Å². The summed E-state index contributed by atoms with van der Waals surface area (Å²) in [6.07, 6.45) is 4.38. The van der Waals surface area contributed by atoms with Gasteiger partial charge in [0, 0.05) is 31.0 Å². The largest absolute Gasteiger partial charge is 0.507 e. The van der Waals surface area contributed by atoms with E-state index >= 15 is 0 Å². The highest BCUT2D eigenvalue weighted by Crippen LogP contribution is 2.36. The summed E-state index contributed by atoms with van der Waals surface area (Å²) in [4.78, 5) is 4.52. The van der Waals surface area contributed by atoms with Gasteiger partial charge in [-0.05, 0) is 34.5 Å². The first-order valence-electron chi connectivity index (χ1n) is 7.56. The maximum Gasteiger partial charge on any atom is 0.137 e. The number of benzene rings is 2. The standard InChI is InChI=1S/C19H16N2O2/c22-10-8-15-12-21-9-7-14(11-18(21)20-15)19-16-4-2-1-3-13(16)5-6-17(19)23/h1-7,9,11-12,22-23H,8,10H2. The minimum absolute atomic E-state index is 0.0842. The van der Waals surface area contributed by atoms with Crippen LogP contribution in [-0.2, 0) is 6.42 Å². The topological polar surface area (TPSA) is 57.8 Å². The van der Waals surface area contributed by atoms with Gasteiger partial charge in [-0.15, -0.1) is 0 Å². The molecule has 0 atom stereocenters. The molecule has 0 spiro atoms. The summed E-state index contributed by atoms with van der Waals surface area (Å²) in [7, 11) is 0. The Kier molecular flexibility index (Phi) is 3.24. The molecule has 4 rings (SSSR count). The normalized spacial score (nSPS) is 11.3. The average Bonchev–Trinajstić information content (AvgIpc) is 2.96. The molecule has 23 heavy (non-hydrogen) atoms. The smallest absolute Gasteiger partial charge is 0.137 e. The van der Waals surface area contributed by atoms with Crippen LogP contribution in [0.5, 0.6) is 5.75 Å². The molecule has 0 aliphatic heterocycles. The molecular weight excluding hydrogens is 288 g/mol. The van der Waals surface area contributed by atoms with Crippen LogP contribution in [0.15, 0.2) is 60.9 Å². The van der Waals surface area contributed by atoms with Crippen molar-refractivity contribution in [2.45, 2.75) is 6.42 Å². The van der Waals surface area contributed by atoms with E-state index in [0.29, 0.717) is 6.42 Å². The number of aromatic hydroxyl groups is 1. The molecule has 0 fully saturated rings. The molecule has 0 unspecified atom stereocenters. The second kappa shape index (κ2) is 5.41. The summed E-state index contributed by atoms with van der Waals surface area (Å²) >= 11 is 0. The van der Waals surface area contributed by atoms with Gasteiger partial charge in [-0.1, -0.05) is 30.3 Å². The van der Waals surface area contributed by atoms with Crippen molar-refractivity contribution in [2.24, 2.45) is 0 Å². The summed E-state index contributed by atoms with van der Waals surface area (Å²) in [5.41, 5.74) is 3.40. The van der Waals surface area contributed by atoms with Crippen molar-refractivity contribution in [3.05, 3.63) is 66.6 Å². The fraction of sp³-hybridized carbons (Fsp3) is 0.105. The number of hydrogen-bond acceptors (Lipinski definition) is 3. The molecule has 0 aliphatic rings. The molecule has 0 radical (unpaired) electrons. The van der Waals surface area contributed by atoms with Crippen molar-refractivity contribution < 1.29 is 10.2 Å². The number of aliphatic hydroxyl groups is 1. The number of hydrogen-bond donors (Lipinski definition) is 2. The Balaban J connectivity index is 1.93. The van der Waals surface area contributed by atoms with Crippen LogP contribution in [0.3, 0.4) is 0 Å². The van der Waals surface area contributed by atoms with E-state index in [0.717, 1.165) is 33.2 Å². The second-order valence-corrected chi connectivity index (χ2v) is 5.57. The molecule has 0 bridgehead atoms. The lowest BCUT2D eigenvalue weighted by Crippen LogP contribution is -1.89. The van der Waals surface area contributed by atoms with Gasteiger partial charge in [0.1, 0.15) is 11.4 Å². The third kappa shape index (κ3) is 2.33. The summed E-state index contributed by atoms with van der Waals surface area (Å²) in [5.74, 6) is 0.259. The van der Waals surface area contributed by atoms with Crippen LogP contribution in [-0.4, -0.2) is 26.2 Å². The minimum Gasteiger partial charge on any atom is -0.507 e. The third-order valence-corrected chi connectivity index (χ3v) is 4.07. The first-order valence-corrected chi connectivity index (χ1v) is 7.56. The molecular formula is C19H16N2O2. The zero-order chi connectivity index (χ0) is 15.8. The Labute approximate surface area is 133 Å². The van der Waals surface area contributed by atoms with Crippen molar-refractivity contribution in [3.63, 3.8) is 0 Å². The average molecular weight is 304 g/mol. The van der Waals surface area contributed by atoms with Crippen LogP contribution in [0, 0.1) is 0 Å². The molecule has 4 nitrogen and oxygen atoms in total. The number of rotatable bonds is 3. The highest BCUT2D eigenvalue weighted by Gasteiger charge is 2.11. The predicted octanol–water partition coefficient (Wildman–Crippen LogP) is 3.39. The molecule has 0 aliphatic carbocycles. The van der Waals surface area contributed by atoms with E-state index in [9.17, 15) is 5.11 Å². The SMILES string of the molecule is OCCc1cn2ccc(-c3c(O)ccc4ccccc34)cc2n1. The van der Waals surface area contributed by atoms with E-state index in [-0.39, 0.29) is 12.4 Å². The molecule has 4 heteroatoms. The number of aliphatic hydroxyl groups excluding tert-OH is 1. The Morgan fingerprint density at radius 2 is 1.91 bits per heavy atom. The lowest BCUT2D eigenvalue weighted by atomic mass is 9.98. The van der Waals surface area contributed by atoms with Gasteiger partial charge in [-0.25, -0.2) is 4.98 Å². The number of fused-ring (bicyclic) bond motifs is 2. The maximum absolute atomic E-state index is 10.4. The maximum atomic E-state index is 10.4. The quantitative estimate of drug-likeness (QED) is 0.610. The molecule has 4 aromatic rings. The molecule has 2 heterocycles. The fourth-order valence-corrected chi connectivity index (χ4v) is 2.99. The van der Waals surface area contributed by atoms with Crippen molar-refractivity contribution in [3.8, 4) is 16.9 Å². The van der Waals surface area contributed by atoms with Crippen LogP contribution in [0.4, 0.5) is 0 Å². The predicted molar refractivity (Wildman–Crippen MR) is 90.6 cm³/mol. The van der Waals surface area contributed by atoms with Gasteiger partial charge in [0.25, 0.3) is 0 Å². The van der Waals surface area contributed by atoms with E-state index in [1.54, 1.807) is 6.07 Å². The molecule has 2 N–H and O–H groups in total. The first kappa shape index (κ1) is 13.8. The highest BCUT2D eigenvalue weighted by molar-refractivity contribution is 5.99. The van der Waals surface area contributed by atoms with Crippen LogP contribution in [0.1, 0.15) is 5.69 Å². The van der Waals surface area contributed by atoms with Gasteiger partial charge in [0.15, 0.2) is 0 Å². The van der Waals surface area contributed by atoms with Crippen molar-refractivity contribution in [1.29, 1.82) is 0 Å². The lowest BCUT2D eigenvalue weighted by molar-refractivity contribution is 0.298. The summed E-state index contributed by atoms with van der Waals surface area (Å²) < 4.78 is 1.93. The highest BCUT2D eigenvalue weighted by atomic mass is 16.3. The van der Waals surface area contributed by atoms with E-state index in [1.165, 1.54) is 0 Å². The van der Waals surface area contributed by atoms with Crippen LogP contribution in [0.25, 0.3) is 27.5 Å². The van der Waals surface area contributed by atoms with Gasteiger partial charge in [-0.3, -0.25) is 0 Å². The number of pyridine rings is 1. The molecule has 2 aromatic heterocycles. The summed E-state index contributed by atoms with van der Waals surface area (Å²) in [6.45, 7) is 0.0842. The number of phenolic OH excluding ortho intramolecular Hbond substituents is 1. The van der Waals surface area contributed by atoms with E-state index in [1.807, 2.05) is 59.3 Å². The van der Waals surface area contributed by atoms with Crippen molar-refractivity contribution in [1.82, 2.24) is 9.38 Å². The molecule has 0 amide bonds. The van der Waals surface area contributed by atoms with E-state index < -0.39 is 0 Å². The van der Waals surface area contributed by atoms with Gasteiger partial charge < -0.3 is 14.6 Å². The van der Waals surface area contributed by atoms with Crippen LogP contribution >= 0.6 is 0 Å². The van der Waals surface area contributed by atoms with Crippen LogP contribution < -0.4 is 0 Å². The van der Waals surface area contributed by atoms with Gasteiger partial charge >= 0.3 is 0 Å². The van der Waals surface area contributed by atoms with E-state index in [4.69, 9.17) is 5.11 Å². The Morgan fingerprint density at radius 3 is 2.78 bits per heavy atom. The zero-order valence-corrected chi connectivity index (χ0v) is 12.5. The van der Waals surface area contributed by atoms with Crippen molar-refractivity contribution in [2.75, 3.05) is 6.61 Å². The Morgan fingerprint density at radius 1 is 1.04 bits per heavy atom. The van der Waals surface area contributed by atoms with Crippen LogP contribution in [0.2, 0.25) is 0 Å². The molecule has 0 saturated carbocycles. The van der Waals surface area contributed by atoms with Gasteiger partial charge in [0.2, 0.25) is 0 Å². The monoisotopic (exact) mass is 304 g/mol. The number of nitrogens with zero attached hydrogens (tertiary/aromatic N) is 2. The fourth-order valence-electron chi connectivity index (χ4n) is 2.99. The molecule has 2 aromatic carbocycles. The number of imidazole rings is 1. The minimum atomic E-state index is 0.0842. The number of aromatic nitrogens is 2. The third-order valence-electron chi connectivity index (χ3n) is 4.07. The van der Waals surface area contributed by atoms with E-state index in [2.05, 4.69) is 4.98 Å². The molecule has 114 valence electrons. The second-order valence-electron chi connectivity index (χ2n) is 5.57. The summed E-state index contributed by atoms with van der Waals surface area (Å²) in [5, 5.41) is 21.5. The zero-order valence-electron chi connectivity index (χ0n) is 12.5. The Bertz CT molecular complexity index is 1000. The van der Waals surface area contributed by atoms with Crippen molar-refractivity contribution >= 4 is 16.4 Å².